The van der Waals surface area contributed by atoms with Gasteiger partial charge in [0.15, 0.2) is 0 Å². The van der Waals surface area contributed by atoms with Gasteiger partial charge < -0.3 is 30.3 Å². The largest absolute Gasteiger partial charge is 0.445 e. The molecule has 0 radical (unpaired) electrons. The van der Waals surface area contributed by atoms with E-state index in [0.717, 1.165) is 24.0 Å². The molecule has 2 aliphatic carbocycles. The number of rotatable bonds is 10. The summed E-state index contributed by atoms with van der Waals surface area (Å²) in [5.41, 5.74) is 1.95. The smallest absolute Gasteiger partial charge is 0.407 e. The van der Waals surface area contributed by atoms with Crippen LogP contribution < -0.4 is 10.6 Å². The molecule has 4 N–H and O–H groups in total. The normalized spacial score (nSPS) is 21.9. The van der Waals surface area contributed by atoms with E-state index in [1.165, 1.54) is 0 Å². The summed E-state index contributed by atoms with van der Waals surface area (Å²) in [5, 5.41) is 23.1. The van der Waals surface area contributed by atoms with Gasteiger partial charge in [0.05, 0.1) is 0 Å². The van der Waals surface area contributed by atoms with Crippen LogP contribution in [0.1, 0.15) is 24.0 Å². The number of hydrogen-bond donors (Lipinski definition) is 4. The van der Waals surface area contributed by atoms with E-state index in [1.807, 2.05) is 60.7 Å². The molecule has 4 atom stereocenters. The Hall–Kier alpha value is -3.10. The maximum atomic E-state index is 11.3. The van der Waals surface area contributed by atoms with Gasteiger partial charge in [-0.05, 0) is 47.6 Å². The molecule has 184 valence electrons. The monoisotopic (exact) mass is 470 g/mol. The Morgan fingerprint density at radius 1 is 0.676 bits per heavy atom. The lowest BCUT2D eigenvalue weighted by Gasteiger charge is -2.06. The minimum absolute atomic E-state index is 0.214. The Morgan fingerprint density at radius 3 is 1.38 bits per heavy atom. The number of carbonyl (C=O) groups excluding carboxylic acids is 2. The third-order valence-corrected chi connectivity index (χ3v) is 6.05. The molecule has 2 saturated carbocycles. The van der Waals surface area contributed by atoms with Crippen molar-refractivity contribution in [3.05, 3.63) is 71.8 Å². The Morgan fingerprint density at radius 2 is 1.06 bits per heavy atom. The van der Waals surface area contributed by atoms with E-state index in [2.05, 4.69) is 10.6 Å². The molecule has 8 nitrogen and oxygen atoms in total. The summed E-state index contributed by atoms with van der Waals surface area (Å²) in [6, 6.07) is 19.1. The molecule has 0 spiro atoms. The highest BCUT2D eigenvalue weighted by Crippen LogP contribution is 2.37. The molecule has 8 heteroatoms. The number of amides is 2. The van der Waals surface area contributed by atoms with Crippen molar-refractivity contribution in [2.75, 3.05) is 26.3 Å². The molecular weight excluding hydrogens is 436 g/mol. The number of nitrogens with one attached hydrogen (secondary N) is 2. The van der Waals surface area contributed by atoms with E-state index in [0.29, 0.717) is 50.0 Å². The summed E-state index contributed by atoms with van der Waals surface area (Å²) in [5.74, 6) is 1.57. The minimum Gasteiger partial charge on any atom is -0.445 e. The van der Waals surface area contributed by atoms with Gasteiger partial charge in [-0.2, -0.15) is 0 Å². The Kier molecular flexibility index (Phi) is 10.2. The number of alkyl carbamates (subject to hydrolysis) is 2. The van der Waals surface area contributed by atoms with Crippen LogP contribution >= 0.6 is 0 Å². The van der Waals surface area contributed by atoms with Gasteiger partial charge in [0, 0.05) is 26.3 Å². The minimum atomic E-state index is -0.391. The van der Waals surface area contributed by atoms with E-state index in [9.17, 15) is 9.59 Å². The van der Waals surface area contributed by atoms with E-state index in [4.69, 9.17) is 19.7 Å². The van der Waals surface area contributed by atoms with Crippen molar-refractivity contribution in [2.24, 2.45) is 23.7 Å². The third-order valence-electron chi connectivity index (χ3n) is 6.05. The molecule has 2 fully saturated rings. The molecule has 0 unspecified atom stereocenters. The zero-order valence-electron chi connectivity index (χ0n) is 19.3. The van der Waals surface area contributed by atoms with Gasteiger partial charge in [-0.3, -0.25) is 0 Å². The summed E-state index contributed by atoms with van der Waals surface area (Å²) in [6.45, 7) is 2.20. The predicted octanol–water partition coefficient (Wildman–Crippen LogP) is 3.08. The number of aliphatic hydroxyl groups excluding tert-OH is 2. The molecule has 2 amide bonds. The van der Waals surface area contributed by atoms with Crippen LogP contribution in [0.2, 0.25) is 0 Å². The van der Waals surface area contributed by atoms with Crippen molar-refractivity contribution < 1.29 is 29.3 Å². The Bertz CT molecular complexity index is 806. The van der Waals surface area contributed by atoms with Crippen molar-refractivity contribution in [3.8, 4) is 0 Å². The first-order chi connectivity index (χ1) is 16.6. The van der Waals surface area contributed by atoms with Crippen molar-refractivity contribution in [2.45, 2.75) is 26.1 Å². The lowest BCUT2D eigenvalue weighted by atomic mass is 10.2. The highest BCUT2D eigenvalue weighted by Gasteiger charge is 2.36. The number of ether oxygens (including phenoxy) is 2. The third kappa shape index (κ3) is 9.41. The number of benzene rings is 2. The number of aliphatic hydroxyl groups is 2. The van der Waals surface area contributed by atoms with Crippen LogP contribution in [0.4, 0.5) is 9.59 Å². The summed E-state index contributed by atoms with van der Waals surface area (Å²) in [6.07, 6.45) is 1.21. The van der Waals surface area contributed by atoms with Crippen molar-refractivity contribution >= 4 is 12.2 Å². The zero-order valence-corrected chi connectivity index (χ0v) is 19.3. The number of carbonyl (C=O) groups is 2. The van der Waals surface area contributed by atoms with E-state index in [1.54, 1.807) is 0 Å². The molecule has 2 aromatic rings. The fraction of sp³-hybridized carbons (Fsp3) is 0.462. The topological polar surface area (TPSA) is 117 Å². The second kappa shape index (κ2) is 13.6. The maximum Gasteiger partial charge on any atom is 0.407 e. The van der Waals surface area contributed by atoms with Gasteiger partial charge in [0.1, 0.15) is 13.2 Å². The predicted molar refractivity (Wildman–Crippen MR) is 127 cm³/mol. The second-order valence-electron chi connectivity index (χ2n) is 8.76. The van der Waals surface area contributed by atoms with Gasteiger partial charge in [0.2, 0.25) is 0 Å². The summed E-state index contributed by atoms with van der Waals surface area (Å²) < 4.78 is 10.1. The van der Waals surface area contributed by atoms with Crippen LogP contribution in [0.15, 0.2) is 60.7 Å². The van der Waals surface area contributed by atoms with Crippen LogP contribution in [0, 0.1) is 23.7 Å². The van der Waals surface area contributed by atoms with E-state index < -0.39 is 12.2 Å². The highest BCUT2D eigenvalue weighted by atomic mass is 16.6. The van der Waals surface area contributed by atoms with Crippen molar-refractivity contribution in [1.82, 2.24) is 10.6 Å². The lowest BCUT2D eigenvalue weighted by Crippen LogP contribution is -2.26. The average Bonchev–Trinajstić information content (AvgIpc) is 3.80. The van der Waals surface area contributed by atoms with Crippen LogP contribution in [0.3, 0.4) is 0 Å². The van der Waals surface area contributed by atoms with E-state index in [-0.39, 0.29) is 13.2 Å². The highest BCUT2D eigenvalue weighted by molar-refractivity contribution is 5.67. The molecule has 0 saturated heterocycles. The molecule has 0 aromatic heterocycles. The summed E-state index contributed by atoms with van der Waals surface area (Å²) in [7, 11) is 0. The number of hydrogen-bond acceptors (Lipinski definition) is 6. The molecule has 4 rings (SSSR count). The lowest BCUT2D eigenvalue weighted by molar-refractivity contribution is 0.138. The van der Waals surface area contributed by atoms with Crippen LogP contribution in [-0.4, -0.2) is 48.7 Å². The molecule has 0 heterocycles. The molecule has 0 aliphatic heterocycles. The van der Waals surface area contributed by atoms with Crippen LogP contribution in [-0.2, 0) is 22.7 Å². The molecular formula is C26H34N2O6. The van der Waals surface area contributed by atoms with Gasteiger partial charge in [-0.1, -0.05) is 60.7 Å². The summed E-state index contributed by atoms with van der Waals surface area (Å²) >= 11 is 0. The average molecular weight is 471 g/mol. The molecule has 2 aromatic carbocycles. The quantitative estimate of drug-likeness (QED) is 0.424. The maximum absolute atomic E-state index is 11.3. The first-order valence-corrected chi connectivity index (χ1v) is 11.7. The zero-order chi connectivity index (χ0) is 24.2. The fourth-order valence-electron chi connectivity index (χ4n) is 3.54. The fourth-order valence-corrected chi connectivity index (χ4v) is 3.54. The van der Waals surface area contributed by atoms with Gasteiger partial charge in [-0.15, -0.1) is 0 Å². The Balaban J connectivity index is 0.000000191. The van der Waals surface area contributed by atoms with E-state index >= 15 is 0 Å². The van der Waals surface area contributed by atoms with Crippen LogP contribution in [0.5, 0.6) is 0 Å². The SMILES string of the molecule is O=C(NC[C@@H]1C[C@H]1CO)OCc1ccccc1.O=C(NC[C@H]1C[C@@H]1CO)OCc1ccccc1. The van der Waals surface area contributed by atoms with Gasteiger partial charge in [0.25, 0.3) is 0 Å². The summed E-state index contributed by atoms with van der Waals surface area (Å²) in [4.78, 5) is 22.7. The first kappa shape index (κ1) is 25.5. The standard InChI is InChI=1S/2C13H17NO3/c2*15-8-12-6-11(12)7-14-13(16)17-9-10-4-2-1-3-5-10/h2*1-5,11-12,15H,6-9H2,(H,14,16)/t2*11-,12-/m10/s1. The van der Waals surface area contributed by atoms with Crippen molar-refractivity contribution in [1.29, 1.82) is 0 Å². The van der Waals surface area contributed by atoms with Gasteiger partial charge >= 0.3 is 12.2 Å². The van der Waals surface area contributed by atoms with Gasteiger partial charge in [-0.25, -0.2) is 9.59 Å². The first-order valence-electron chi connectivity index (χ1n) is 11.7. The van der Waals surface area contributed by atoms with Crippen molar-refractivity contribution in [3.63, 3.8) is 0 Å². The molecule has 2 aliphatic rings. The molecule has 0 bridgehead atoms. The Labute approximate surface area is 200 Å². The van der Waals surface area contributed by atoms with Crippen LogP contribution in [0.25, 0.3) is 0 Å². The molecule has 34 heavy (non-hydrogen) atoms. The second-order valence-corrected chi connectivity index (χ2v) is 8.76.